The molecule has 14 heavy (non-hydrogen) atoms. The Morgan fingerprint density at radius 3 is 2.29 bits per heavy atom. The summed E-state index contributed by atoms with van der Waals surface area (Å²) in [7, 11) is 0. The maximum Gasteiger partial charge on any atom is 0.328 e. The number of hydrogen-bond donors (Lipinski definition) is 1. The van der Waals surface area contributed by atoms with Gasteiger partial charge in [-0.2, -0.15) is 0 Å². The molecule has 0 atom stereocenters. The van der Waals surface area contributed by atoms with E-state index in [0.717, 1.165) is 6.08 Å². The maximum absolute atomic E-state index is 13.2. The van der Waals surface area contributed by atoms with Crippen LogP contribution in [0.3, 0.4) is 0 Å². The predicted molar refractivity (Wildman–Crippen MR) is 52.5 cm³/mol. The standard InChI is InChI=1S/C11H11FO2/c1-7-5-9(3-4-10(13)14)6-8(2)11(7)12/h3-6H,1-2H3,(H,13,14)/b4-3-. The second kappa shape index (κ2) is 4.05. The SMILES string of the molecule is Cc1cc(/C=C\C(=O)O)cc(C)c1F. The van der Waals surface area contributed by atoms with Crippen molar-refractivity contribution in [1.82, 2.24) is 0 Å². The van der Waals surface area contributed by atoms with Crippen LogP contribution in [0.25, 0.3) is 6.08 Å². The highest BCUT2D eigenvalue weighted by Crippen LogP contribution is 2.15. The van der Waals surface area contributed by atoms with Gasteiger partial charge in [-0.05, 0) is 48.7 Å². The number of hydrogen-bond acceptors (Lipinski definition) is 1. The Bertz CT molecular complexity index is 371. The fourth-order valence-corrected chi connectivity index (χ4v) is 1.24. The number of carboxylic acid groups (broad SMARTS) is 1. The summed E-state index contributed by atoms with van der Waals surface area (Å²) in [5.74, 6) is -1.25. The number of carboxylic acids is 1. The summed E-state index contributed by atoms with van der Waals surface area (Å²) in [4.78, 5) is 10.2. The molecule has 0 bridgehead atoms. The van der Waals surface area contributed by atoms with Crippen LogP contribution in [0.1, 0.15) is 16.7 Å². The van der Waals surface area contributed by atoms with Gasteiger partial charge in [0.15, 0.2) is 0 Å². The van der Waals surface area contributed by atoms with Gasteiger partial charge in [-0.1, -0.05) is 0 Å². The second-order valence-electron chi connectivity index (χ2n) is 3.14. The molecule has 0 heterocycles. The van der Waals surface area contributed by atoms with E-state index in [-0.39, 0.29) is 5.82 Å². The minimum atomic E-state index is -1.01. The molecule has 0 aliphatic rings. The van der Waals surface area contributed by atoms with E-state index in [9.17, 15) is 9.18 Å². The van der Waals surface area contributed by atoms with Gasteiger partial charge in [0.2, 0.25) is 0 Å². The lowest BCUT2D eigenvalue weighted by atomic mass is 10.1. The van der Waals surface area contributed by atoms with Crippen molar-refractivity contribution in [3.63, 3.8) is 0 Å². The molecule has 0 fully saturated rings. The first-order valence-electron chi connectivity index (χ1n) is 4.18. The number of aryl methyl sites for hydroxylation is 2. The van der Waals surface area contributed by atoms with Crippen LogP contribution in [0.15, 0.2) is 18.2 Å². The van der Waals surface area contributed by atoms with E-state index < -0.39 is 5.97 Å². The largest absolute Gasteiger partial charge is 0.478 e. The Labute approximate surface area is 81.7 Å². The Morgan fingerprint density at radius 1 is 1.36 bits per heavy atom. The average Bonchev–Trinajstić information content (AvgIpc) is 2.10. The van der Waals surface area contributed by atoms with Crippen molar-refractivity contribution < 1.29 is 14.3 Å². The molecule has 0 aromatic heterocycles. The summed E-state index contributed by atoms with van der Waals surface area (Å²) >= 11 is 0. The van der Waals surface area contributed by atoms with Gasteiger partial charge < -0.3 is 5.11 Å². The summed E-state index contributed by atoms with van der Waals surface area (Å²) in [5, 5.41) is 8.41. The molecule has 0 saturated heterocycles. The Balaban J connectivity index is 3.07. The molecule has 1 aromatic carbocycles. The molecule has 0 aliphatic carbocycles. The molecule has 0 amide bonds. The molecular formula is C11H11FO2. The van der Waals surface area contributed by atoms with Crippen molar-refractivity contribution in [2.24, 2.45) is 0 Å². The highest BCUT2D eigenvalue weighted by atomic mass is 19.1. The highest BCUT2D eigenvalue weighted by molar-refractivity contribution is 5.85. The van der Waals surface area contributed by atoms with Crippen molar-refractivity contribution in [3.8, 4) is 0 Å². The lowest BCUT2D eigenvalue weighted by Crippen LogP contribution is -1.90. The first kappa shape index (κ1) is 10.4. The third kappa shape index (κ3) is 2.42. The van der Waals surface area contributed by atoms with Crippen LogP contribution in [-0.2, 0) is 4.79 Å². The first-order valence-corrected chi connectivity index (χ1v) is 4.18. The van der Waals surface area contributed by atoms with Crippen LogP contribution in [-0.4, -0.2) is 11.1 Å². The monoisotopic (exact) mass is 194 g/mol. The Kier molecular flexibility index (Phi) is 3.02. The van der Waals surface area contributed by atoms with E-state index >= 15 is 0 Å². The van der Waals surface area contributed by atoms with E-state index in [2.05, 4.69) is 0 Å². The lowest BCUT2D eigenvalue weighted by molar-refractivity contribution is -0.131. The third-order valence-corrected chi connectivity index (χ3v) is 1.88. The van der Waals surface area contributed by atoms with Crippen molar-refractivity contribution in [2.75, 3.05) is 0 Å². The third-order valence-electron chi connectivity index (χ3n) is 1.88. The van der Waals surface area contributed by atoms with Crippen molar-refractivity contribution in [1.29, 1.82) is 0 Å². The zero-order chi connectivity index (χ0) is 10.7. The molecule has 1 rings (SSSR count). The van der Waals surface area contributed by atoms with Crippen molar-refractivity contribution in [2.45, 2.75) is 13.8 Å². The van der Waals surface area contributed by atoms with E-state index in [1.807, 2.05) is 0 Å². The zero-order valence-corrected chi connectivity index (χ0v) is 8.04. The van der Waals surface area contributed by atoms with Gasteiger partial charge in [-0.25, -0.2) is 9.18 Å². The van der Waals surface area contributed by atoms with Crippen molar-refractivity contribution >= 4 is 12.0 Å². The molecule has 0 unspecified atom stereocenters. The van der Waals surface area contributed by atoms with Gasteiger partial charge in [-0.3, -0.25) is 0 Å². The van der Waals surface area contributed by atoms with Gasteiger partial charge in [-0.15, -0.1) is 0 Å². The maximum atomic E-state index is 13.2. The van der Waals surface area contributed by atoms with E-state index in [1.165, 1.54) is 6.08 Å². The fourth-order valence-electron chi connectivity index (χ4n) is 1.24. The normalized spacial score (nSPS) is 10.8. The topological polar surface area (TPSA) is 37.3 Å². The van der Waals surface area contributed by atoms with E-state index in [1.54, 1.807) is 26.0 Å². The smallest absolute Gasteiger partial charge is 0.328 e. The van der Waals surface area contributed by atoms with Crippen LogP contribution in [0.5, 0.6) is 0 Å². The van der Waals surface area contributed by atoms with Crippen LogP contribution in [0, 0.1) is 19.7 Å². The summed E-state index contributed by atoms with van der Waals surface area (Å²) in [6.45, 7) is 3.31. The number of aliphatic carboxylic acids is 1. The zero-order valence-electron chi connectivity index (χ0n) is 8.04. The number of benzene rings is 1. The minimum absolute atomic E-state index is 0.238. The number of carbonyl (C=O) groups is 1. The molecule has 3 heteroatoms. The van der Waals surface area contributed by atoms with Crippen LogP contribution in [0.4, 0.5) is 4.39 Å². The quantitative estimate of drug-likeness (QED) is 0.734. The lowest BCUT2D eigenvalue weighted by Gasteiger charge is -2.02. The van der Waals surface area contributed by atoms with Gasteiger partial charge >= 0.3 is 5.97 Å². The Morgan fingerprint density at radius 2 is 1.86 bits per heavy atom. The summed E-state index contributed by atoms with van der Waals surface area (Å²) in [5.41, 5.74) is 1.74. The molecule has 0 aliphatic heterocycles. The van der Waals surface area contributed by atoms with E-state index in [0.29, 0.717) is 16.7 Å². The summed E-state index contributed by atoms with van der Waals surface area (Å²) in [6, 6.07) is 3.23. The first-order chi connectivity index (χ1) is 6.50. The average molecular weight is 194 g/mol. The molecule has 2 nitrogen and oxygen atoms in total. The summed E-state index contributed by atoms with van der Waals surface area (Å²) < 4.78 is 13.2. The highest BCUT2D eigenvalue weighted by Gasteiger charge is 2.02. The molecule has 0 radical (unpaired) electrons. The number of rotatable bonds is 2. The molecule has 1 N–H and O–H groups in total. The van der Waals surface area contributed by atoms with E-state index in [4.69, 9.17) is 5.11 Å². The van der Waals surface area contributed by atoms with Gasteiger partial charge in [0, 0.05) is 6.08 Å². The predicted octanol–water partition coefficient (Wildman–Crippen LogP) is 2.54. The molecule has 0 spiro atoms. The molecule has 74 valence electrons. The van der Waals surface area contributed by atoms with Gasteiger partial charge in [0.1, 0.15) is 5.82 Å². The fraction of sp³-hybridized carbons (Fsp3) is 0.182. The Hall–Kier alpha value is -1.64. The van der Waals surface area contributed by atoms with Gasteiger partial charge in [0.05, 0.1) is 0 Å². The van der Waals surface area contributed by atoms with Gasteiger partial charge in [0.25, 0.3) is 0 Å². The molecule has 1 aromatic rings. The minimum Gasteiger partial charge on any atom is -0.478 e. The van der Waals surface area contributed by atoms with Crippen LogP contribution >= 0.6 is 0 Å². The van der Waals surface area contributed by atoms with Crippen molar-refractivity contribution in [3.05, 3.63) is 40.7 Å². The van der Waals surface area contributed by atoms with Crippen LogP contribution in [0.2, 0.25) is 0 Å². The molecular weight excluding hydrogens is 183 g/mol. The van der Waals surface area contributed by atoms with Crippen LogP contribution < -0.4 is 0 Å². The number of halogens is 1. The second-order valence-corrected chi connectivity index (χ2v) is 3.14. The molecule has 0 saturated carbocycles. The summed E-state index contributed by atoms with van der Waals surface area (Å²) in [6.07, 6.45) is 2.48.